The number of fused-ring (bicyclic) bond motifs is 2. The zero-order chi connectivity index (χ0) is 20.1. The molecule has 2 atom stereocenters. The number of aromatic nitrogens is 3. The van der Waals surface area contributed by atoms with Crippen LogP contribution in [0.5, 0.6) is 0 Å². The van der Waals surface area contributed by atoms with E-state index >= 15 is 0 Å². The molecule has 3 aliphatic rings. The first-order valence-corrected chi connectivity index (χ1v) is 11.0. The molecule has 0 fully saturated rings. The maximum absolute atomic E-state index is 12.9. The second-order valence-electron chi connectivity index (χ2n) is 7.90. The topological polar surface area (TPSA) is 53.7 Å². The van der Waals surface area contributed by atoms with Crippen molar-refractivity contribution in [1.29, 1.82) is 0 Å². The van der Waals surface area contributed by atoms with E-state index in [2.05, 4.69) is 35.2 Å². The lowest BCUT2D eigenvalue weighted by Crippen LogP contribution is -2.35. The molecule has 2 aromatic rings. The Morgan fingerprint density at radius 2 is 2.14 bits per heavy atom. The minimum absolute atomic E-state index is 0.0298. The Morgan fingerprint density at radius 3 is 2.93 bits per heavy atom. The number of amides is 1. The lowest BCUT2D eigenvalue weighted by atomic mass is 9.98. The maximum Gasteiger partial charge on any atom is 0.252 e. The Balaban J connectivity index is 1.44. The van der Waals surface area contributed by atoms with Gasteiger partial charge >= 0.3 is 0 Å². The van der Waals surface area contributed by atoms with E-state index in [9.17, 15) is 4.79 Å². The van der Waals surface area contributed by atoms with Gasteiger partial charge in [0, 0.05) is 30.7 Å². The monoisotopic (exact) mass is 405 g/mol. The van der Waals surface area contributed by atoms with Crippen LogP contribution in [-0.2, 0) is 4.79 Å². The summed E-state index contributed by atoms with van der Waals surface area (Å²) in [5, 5.41) is 5.73. The fourth-order valence-electron chi connectivity index (χ4n) is 4.07. The summed E-state index contributed by atoms with van der Waals surface area (Å²) in [6.45, 7) is 5.98. The summed E-state index contributed by atoms with van der Waals surface area (Å²) in [6, 6.07) is 2.04. The molecule has 29 heavy (non-hydrogen) atoms. The van der Waals surface area contributed by atoms with Crippen molar-refractivity contribution in [3.05, 3.63) is 71.0 Å². The smallest absolute Gasteiger partial charge is 0.252 e. The van der Waals surface area contributed by atoms with E-state index in [1.54, 1.807) is 6.08 Å². The number of carbonyl (C=O) groups is 1. The molecular formula is C22H24N5OP. The molecule has 0 aromatic carbocycles. The average Bonchev–Trinajstić information content (AvgIpc) is 3.13. The first-order chi connectivity index (χ1) is 14.0. The number of hydrogen-bond acceptors (Lipinski definition) is 4. The van der Waals surface area contributed by atoms with Crippen LogP contribution in [0.1, 0.15) is 23.5 Å². The van der Waals surface area contributed by atoms with Crippen LogP contribution in [0.25, 0.3) is 10.8 Å². The Morgan fingerprint density at radius 1 is 1.28 bits per heavy atom. The fraction of sp³-hybridized carbons (Fsp3) is 0.318. The highest BCUT2D eigenvalue weighted by Gasteiger charge is 2.30. The third-order valence-electron chi connectivity index (χ3n) is 5.68. The second kappa shape index (κ2) is 7.05. The maximum atomic E-state index is 12.9. The van der Waals surface area contributed by atoms with E-state index in [4.69, 9.17) is 5.10 Å². The highest BCUT2D eigenvalue weighted by atomic mass is 31.1. The first kappa shape index (κ1) is 18.5. The molecule has 0 bridgehead atoms. The molecule has 2 aromatic heterocycles. The van der Waals surface area contributed by atoms with Gasteiger partial charge in [-0.25, -0.2) is 4.52 Å². The molecule has 0 aliphatic carbocycles. The lowest BCUT2D eigenvalue weighted by molar-refractivity contribution is -0.123. The van der Waals surface area contributed by atoms with E-state index in [1.807, 2.05) is 41.7 Å². The summed E-state index contributed by atoms with van der Waals surface area (Å²) in [5.41, 5.74) is 6.24. The van der Waals surface area contributed by atoms with Crippen molar-refractivity contribution in [1.82, 2.24) is 24.4 Å². The van der Waals surface area contributed by atoms with Crippen LogP contribution in [0.15, 0.2) is 53.9 Å². The van der Waals surface area contributed by atoms with Gasteiger partial charge in [0.15, 0.2) is 0 Å². The van der Waals surface area contributed by atoms with Crippen LogP contribution >= 0.6 is 8.58 Å². The molecule has 0 radical (unpaired) electrons. The molecule has 5 heterocycles. The van der Waals surface area contributed by atoms with E-state index in [0.717, 1.165) is 53.0 Å². The van der Waals surface area contributed by atoms with Gasteiger partial charge in [-0.15, -0.1) is 0 Å². The van der Waals surface area contributed by atoms with E-state index in [1.165, 1.54) is 5.57 Å². The van der Waals surface area contributed by atoms with Gasteiger partial charge in [-0.3, -0.25) is 9.78 Å². The highest BCUT2D eigenvalue weighted by molar-refractivity contribution is 7.51. The van der Waals surface area contributed by atoms with Crippen molar-refractivity contribution in [3.63, 3.8) is 0 Å². The third kappa shape index (κ3) is 3.37. The number of carbonyl (C=O) groups excluding carboxylic acids is 1. The molecule has 148 valence electrons. The van der Waals surface area contributed by atoms with E-state index in [-0.39, 0.29) is 11.7 Å². The van der Waals surface area contributed by atoms with Crippen LogP contribution in [0, 0.1) is 13.8 Å². The number of hydrogen-bond donors (Lipinski definition) is 0. The molecule has 6 nitrogen and oxygen atoms in total. The van der Waals surface area contributed by atoms with Crippen LogP contribution in [0.2, 0.25) is 0 Å². The lowest BCUT2D eigenvalue weighted by Gasteiger charge is -2.34. The molecule has 7 heteroatoms. The zero-order valence-corrected chi connectivity index (χ0v) is 17.9. The molecule has 1 amide bonds. The highest BCUT2D eigenvalue weighted by Crippen LogP contribution is 2.45. The van der Waals surface area contributed by atoms with Crippen molar-refractivity contribution in [2.24, 2.45) is 0 Å². The minimum atomic E-state index is 0.0298. The van der Waals surface area contributed by atoms with Crippen LogP contribution < -0.4 is 0 Å². The Bertz CT molecular complexity index is 1140. The van der Waals surface area contributed by atoms with Gasteiger partial charge in [0.1, 0.15) is 0 Å². The standard InChI is InChI=1S/C22H24N5OP/c1-14-12-27-19(15(2)23-14)10-18(24-27)20-11-21(28)26-13-17(4-5-22(26)29-20)16-6-8-25(3)9-7-16/h4-6,10-13,22,29H,7-9H2,1-3H3. The van der Waals surface area contributed by atoms with Crippen molar-refractivity contribution < 1.29 is 4.79 Å². The number of rotatable bonds is 2. The SMILES string of the molecule is Cc1cn2nc(C3=CC(=O)N4C=C(C5=CCN(C)CC5)C=CC4P3)cc2c(C)n1. The molecule has 5 rings (SSSR count). The largest absolute Gasteiger partial charge is 0.304 e. The Labute approximate surface area is 172 Å². The van der Waals surface area contributed by atoms with Crippen molar-refractivity contribution in [2.45, 2.75) is 26.1 Å². The van der Waals surface area contributed by atoms with Gasteiger partial charge in [0.2, 0.25) is 0 Å². The summed E-state index contributed by atoms with van der Waals surface area (Å²) in [6.07, 6.45) is 13.4. The summed E-state index contributed by atoms with van der Waals surface area (Å²) in [5.74, 6) is 0.103. The van der Waals surface area contributed by atoms with Crippen molar-refractivity contribution in [2.75, 3.05) is 20.1 Å². The predicted octanol–water partition coefficient (Wildman–Crippen LogP) is 3.25. The van der Waals surface area contributed by atoms with Crippen molar-refractivity contribution in [3.8, 4) is 0 Å². The molecule has 0 saturated heterocycles. The van der Waals surface area contributed by atoms with Crippen LogP contribution in [0.3, 0.4) is 0 Å². The van der Waals surface area contributed by atoms with E-state index < -0.39 is 0 Å². The number of nitrogens with zero attached hydrogens (tertiary/aromatic N) is 5. The van der Waals surface area contributed by atoms with Gasteiger partial charge in [0.25, 0.3) is 5.91 Å². The number of aryl methyl sites for hydroxylation is 2. The molecular weight excluding hydrogens is 381 g/mol. The second-order valence-corrected chi connectivity index (χ2v) is 9.32. The Hall–Kier alpha value is -2.56. The molecule has 0 saturated carbocycles. The number of allylic oxidation sites excluding steroid dienone is 2. The molecule has 2 unspecified atom stereocenters. The first-order valence-electron chi connectivity index (χ1n) is 9.90. The quantitative estimate of drug-likeness (QED) is 0.720. The van der Waals surface area contributed by atoms with Crippen LogP contribution in [-0.4, -0.2) is 56.2 Å². The van der Waals surface area contributed by atoms with Gasteiger partial charge < -0.3 is 9.80 Å². The van der Waals surface area contributed by atoms with Crippen molar-refractivity contribution >= 4 is 25.3 Å². The molecule has 0 N–H and O–H groups in total. The van der Waals surface area contributed by atoms with Gasteiger partial charge in [0.05, 0.1) is 34.6 Å². The number of likely N-dealkylation sites (N-methyl/N-ethyl adjacent to an activating group) is 1. The minimum Gasteiger partial charge on any atom is -0.304 e. The van der Waals surface area contributed by atoms with Gasteiger partial charge in [-0.1, -0.05) is 26.8 Å². The Kier molecular flexibility index (Phi) is 4.49. The molecule has 3 aliphatic heterocycles. The van der Waals surface area contributed by atoms with Crippen LogP contribution in [0.4, 0.5) is 0 Å². The van der Waals surface area contributed by atoms with Gasteiger partial charge in [-0.2, -0.15) is 5.10 Å². The summed E-state index contributed by atoms with van der Waals surface area (Å²) < 4.78 is 1.87. The summed E-state index contributed by atoms with van der Waals surface area (Å²) in [7, 11) is 2.60. The zero-order valence-electron chi connectivity index (χ0n) is 16.9. The average molecular weight is 405 g/mol. The normalized spacial score (nSPS) is 23.3. The summed E-state index contributed by atoms with van der Waals surface area (Å²) in [4.78, 5) is 21.6. The predicted molar refractivity (Wildman–Crippen MR) is 117 cm³/mol. The summed E-state index contributed by atoms with van der Waals surface area (Å²) >= 11 is 0. The fourth-order valence-corrected chi connectivity index (χ4v) is 5.40. The van der Waals surface area contributed by atoms with E-state index in [0.29, 0.717) is 8.58 Å². The van der Waals surface area contributed by atoms with Gasteiger partial charge in [-0.05, 0) is 44.5 Å². The third-order valence-corrected chi connectivity index (χ3v) is 7.16. The molecule has 0 spiro atoms.